The molecule has 0 aliphatic carbocycles. The fourth-order valence-electron chi connectivity index (χ4n) is 1.81. The molecule has 0 saturated carbocycles. The second kappa shape index (κ2) is 7.08. The molecular weight excluding hydrogens is 329 g/mol. The van der Waals surface area contributed by atoms with Crippen LogP contribution >= 0.6 is 11.8 Å². The lowest BCUT2D eigenvalue weighted by Gasteiger charge is -2.11. The highest BCUT2D eigenvalue weighted by Gasteiger charge is 2.30. The lowest BCUT2D eigenvalue weighted by molar-refractivity contribution is -0.137. The van der Waals surface area contributed by atoms with Gasteiger partial charge in [-0.05, 0) is 38.1 Å². The lowest BCUT2D eigenvalue weighted by Crippen LogP contribution is -2.27. The van der Waals surface area contributed by atoms with E-state index in [0.717, 1.165) is 29.8 Å². The van der Waals surface area contributed by atoms with Crippen LogP contribution in [0, 0.1) is 6.92 Å². The molecule has 1 unspecified atom stereocenters. The summed E-state index contributed by atoms with van der Waals surface area (Å²) in [5, 5.41) is 3.11. The van der Waals surface area contributed by atoms with Crippen molar-refractivity contribution in [3.8, 4) is 0 Å². The number of rotatable bonds is 5. The quantitative estimate of drug-likeness (QED) is 0.834. The zero-order valence-electron chi connectivity index (χ0n) is 12.5. The second-order valence-electron chi connectivity index (χ2n) is 4.91. The SMILES string of the molecule is Cc1ccc(C(C)NC(=O)CSc2ccc(C(F)(F)F)cn2)o1. The number of aromatic nitrogens is 1. The van der Waals surface area contributed by atoms with Gasteiger partial charge in [-0.3, -0.25) is 4.79 Å². The van der Waals surface area contributed by atoms with E-state index in [4.69, 9.17) is 4.42 Å². The van der Waals surface area contributed by atoms with Crippen LogP contribution in [0.1, 0.15) is 30.0 Å². The third-order valence-corrected chi connectivity index (χ3v) is 3.92. The number of thioether (sulfide) groups is 1. The number of halogens is 3. The molecule has 0 radical (unpaired) electrons. The molecule has 4 nitrogen and oxygen atoms in total. The number of pyridine rings is 1. The Labute approximate surface area is 135 Å². The van der Waals surface area contributed by atoms with Crippen LogP contribution in [0.3, 0.4) is 0 Å². The monoisotopic (exact) mass is 344 g/mol. The van der Waals surface area contributed by atoms with Crippen LogP contribution < -0.4 is 5.32 Å². The molecule has 0 aromatic carbocycles. The molecule has 1 N–H and O–H groups in total. The van der Waals surface area contributed by atoms with Gasteiger partial charge in [-0.15, -0.1) is 0 Å². The third kappa shape index (κ3) is 5.02. The lowest BCUT2D eigenvalue weighted by atomic mass is 10.2. The van der Waals surface area contributed by atoms with Crippen LogP contribution in [0.25, 0.3) is 0 Å². The molecule has 0 aliphatic rings. The van der Waals surface area contributed by atoms with E-state index >= 15 is 0 Å². The number of alkyl halides is 3. The molecule has 2 rings (SSSR count). The van der Waals surface area contributed by atoms with Gasteiger partial charge in [0, 0.05) is 6.20 Å². The first-order valence-corrected chi connectivity index (χ1v) is 7.76. The molecule has 2 heterocycles. The minimum absolute atomic E-state index is 0.0579. The largest absolute Gasteiger partial charge is 0.464 e. The highest BCUT2D eigenvalue weighted by atomic mass is 32.2. The van der Waals surface area contributed by atoms with Gasteiger partial charge in [0.1, 0.15) is 11.5 Å². The van der Waals surface area contributed by atoms with Crippen molar-refractivity contribution in [3.05, 3.63) is 47.5 Å². The van der Waals surface area contributed by atoms with Crippen LogP contribution in [0.2, 0.25) is 0 Å². The Hall–Kier alpha value is -1.96. The number of carbonyl (C=O) groups excluding carboxylic acids is 1. The summed E-state index contributed by atoms with van der Waals surface area (Å²) in [6.07, 6.45) is -3.65. The Bertz CT molecular complexity index is 668. The highest BCUT2D eigenvalue weighted by Crippen LogP contribution is 2.29. The fourth-order valence-corrected chi connectivity index (χ4v) is 2.47. The van der Waals surface area contributed by atoms with Gasteiger partial charge in [0.15, 0.2) is 0 Å². The van der Waals surface area contributed by atoms with Gasteiger partial charge >= 0.3 is 6.18 Å². The van der Waals surface area contributed by atoms with Gasteiger partial charge in [0.2, 0.25) is 5.91 Å². The standard InChI is InChI=1S/C15H15F3N2O2S/c1-9-3-5-12(22-9)10(2)20-13(21)8-23-14-6-4-11(7-19-14)15(16,17)18/h3-7,10H,8H2,1-2H3,(H,20,21). The minimum Gasteiger partial charge on any atom is -0.464 e. The summed E-state index contributed by atoms with van der Waals surface area (Å²) in [5.74, 6) is 1.21. The molecule has 23 heavy (non-hydrogen) atoms. The molecule has 0 bridgehead atoms. The van der Waals surface area contributed by atoms with E-state index in [1.165, 1.54) is 6.07 Å². The zero-order chi connectivity index (χ0) is 17.0. The molecule has 1 amide bonds. The minimum atomic E-state index is -4.41. The van der Waals surface area contributed by atoms with Crippen LogP contribution in [-0.4, -0.2) is 16.6 Å². The van der Waals surface area contributed by atoms with E-state index in [2.05, 4.69) is 10.3 Å². The number of aryl methyl sites for hydroxylation is 1. The Kier molecular flexibility index (Phi) is 5.35. The molecule has 8 heteroatoms. The van der Waals surface area contributed by atoms with Gasteiger partial charge in [-0.2, -0.15) is 13.2 Å². The van der Waals surface area contributed by atoms with Crippen LogP contribution in [-0.2, 0) is 11.0 Å². The van der Waals surface area contributed by atoms with Gasteiger partial charge in [-0.25, -0.2) is 4.98 Å². The fraction of sp³-hybridized carbons (Fsp3) is 0.333. The second-order valence-corrected chi connectivity index (χ2v) is 5.90. The Balaban J connectivity index is 1.84. The van der Waals surface area contributed by atoms with Crippen LogP contribution in [0.5, 0.6) is 0 Å². The summed E-state index contributed by atoms with van der Waals surface area (Å²) in [6.45, 7) is 3.60. The van der Waals surface area contributed by atoms with Crippen LogP contribution in [0.4, 0.5) is 13.2 Å². The number of carbonyl (C=O) groups is 1. The molecule has 2 aromatic heterocycles. The normalized spacial score (nSPS) is 12.9. The number of hydrogen-bond donors (Lipinski definition) is 1. The number of nitrogens with one attached hydrogen (secondary N) is 1. The molecule has 0 saturated heterocycles. The third-order valence-electron chi connectivity index (χ3n) is 2.98. The van der Waals surface area contributed by atoms with Crippen molar-refractivity contribution >= 4 is 17.7 Å². The molecular formula is C15H15F3N2O2S. The van der Waals surface area contributed by atoms with Crippen molar-refractivity contribution in [1.29, 1.82) is 0 Å². The van der Waals surface area contributed by atoms with Gasteiger partial charge in [0.05, 0.1) is 22.4 Å². The molecule has 124 valence electrons. The van der Waals surface area contributed by atoms with Gasteiger partial charge in [-0.1, -0.05) is 11.8 Å². The van der Waals surface area contributed by atoms with Crippen molar-refractivity contribution in [2.45, 2.75) is 31.1 Å². The highest BCUT2D eigenvalue weighted by molar-refractivity contribution is 7.99. The zero-order valence-corrected chi connectivity index (χ0v) is 13.3. The number of hydrogen-bond acceptors (Lipinski definition) is 4. The maximum Gasteiger partial charge on any atom is 0.417 e. The van der Waals surface area contributed by atoms with Crippen molar-refractivity contribution in [3.63, 3.8) is 0 Å². The Morgan fingerprint density at radius 3 is 2.61 bits per heavy atom. The summed E-state index contributed by atoms with van der Waals surface area (Å²) in [4.78, 5) is 15.6. The van der Waals surface area contributed by atoms with Crippen molar-refractivity contribution in [2.75, 3.05) is 5.75 Å². The van der Waals surface area contributed by atoms with E-state index in [9.17, 15) is 18.0 Å². The van der Waals surface area contributed by atoms with E-state index < -0.39 is 11.7 Å². The first-order chi connectivity index (χ1) is 10.8. The summed E-state index contributed by atoms with van der Waals surface area (Å²) in [6, 6.07) is 5.50. The summed E-state index contributed by atoms with van der Waals surface area (Å²) in [5.41, 5.74) is -0.812. The van der Waals surface area contributed by atoms with E-state index in [0.29, 0.717) is 10.8 Å². The number of amides is 1. The van der Waals surface area contributed by atoms with E-state index in [1.54, 1.807) is 19.1 Å². The molecule has 0 fully saturated rings. The van der Waals surface area contributed by atoms with Gasteiger partial charge in [0.25, 0.3) is 0 Å². The average molecular weight is 344 g/mol. The molecule has 0 aliphatic heterocycles. The smallest absolute Gasteiger partial charge is 0.417 e. The van der Waals surface area contributed by atoms with Gasteiger partial charge < -0.3 is 9.73 Å². The predicted octanol–water partition coefficient (Wildman–Crippen LogP) is 3.97. The van der Waals surface area contributed by atoms with Crippen molar-refractivity contribution < 1.29 is 22.4 Å². The Morgan fingerprint density at radius 1 is 1.35 bits per heavy atom. The summed E-state index contributed by atoms with van der Waals surface area (Å²) >= 11 is 1.07. The average Bonchev–Trinajstić information content (AvgIpc) is 2.91. The number of nitrogens with zero attached hydrogens (tertiary/aromatic N) is 1. The molecule has 2 aromatic rings. The van der Waals surface area contributed by atoms with Crippen molar-refractivity contribution in [2.24, 2.45) is 0 Å². The van der Waals surface area contributed by atoms with E-state index in [1.807, 2.05) is 6.92 Å². The maximum atomic E-state index is 12.4. The number of furan rings is 1. The van der Waals surface area contributed by atoms with Crippen molar-refractivity contribution in [1.82, 2.24) is 10.3 Å². The Morgan fingerprint density at radius 2 is 2.09 bits per heavy atom. The molecule has 1 atom stereocenters. The topological polar surface area (TPSA) is 55.1 Å². The first kappa shape index (κ1) is 17.4. The molecule has 0 spiro atoms. The van der Waals surface area contributed by atoms with Crippen LogP contribution in [0.15, 0.2) is 39.9 Å². The predicted molar refractivity (Wildman–Crippen MR) is 80.0 cm³/mol. The van der Waals surface area contributed by atoms with E-state index in [-0.39, 0.29) is 17.7 Å². The first-order valence-electron chi connectivity index (χ1n) is 6.77. The maximum absolute atomic E-state index is 12.4. The summed E-state index contributed by atoms with van der Waals surface area (Å²) < 4.78 is 42.7. The summed E-state index contributed by atoms with van der Waals surface area (Å²) in [7, 11) is 0.